The predicted molar refractivity (Wildman–Crippen MR) is 151 cm³/mol. The summed E-state index contributed by atoms with van der Waals surface area (Å²) in [7, 11) is -6.88. The van der Waals surface area contributed by atoms with Crippen LogP contribution in [0.15, 0.2) is 34.1 Å². The van der Waals surface area contributed by atoms with Crippen LogP contribution in [0.25, 0.3) is 22.4 Å². The number of fused-ring (bicyclic) bond motifs is 1. The molecule has 41 heavy (non-hydrogen) atoms. The Hall–Kier alpha value is -2.89. The second-order valence-electron chi connectivity index (χ2n) is 9.43. The van der Waals surface area contributed by atoms with E-state index in [0.717, 1.165) is 18.4 Å². The number of sulfonamides is 1. The van der Waals surface area contributed by atoms with Gasteiger partial charge in [0.2, 0.25) is 20.4 Å². The highest BCUT2D eigenvalue weighted by atomic mass is 32.3. The molecule has 228 valence electrons. The molecule has 1 fully saturated rings. The summed E-state index contributed by atoms with van der Waals surface area (Å²) < 4.78 is 81.3. The molecule has 2 N–H and O–H groups in total. The fraction of sp³-hybridized carbons (Fsp3) is 0.520. The Bertz CT molecular complexity index is 1610. The van der Waals surface area contributed by atoms with Gasteiger partial charge in [0.25, 0.3) is 5.56 Å². The Morgan fingerprint density at radius 1 is 1.17 bits per heavy atom. The smallest absolute Gasteiger partial charge is 0.726 e. The van der Waals surface area contributed by atoms with E-state index in [-0.39, 0.29) is 24.4 Å². The van der Waals surface area contributed by atoms with Gasteiger partial charge in [-0.25, -0.2) is 21.8 Å². The molecule has 1 saturated heterocycles. The molecular weight excluding hydrogens is 581 g/mol. The van der Waals surface area contributed by atoms with E-state index >= 15 is 0 Å². The first-order valence-corrected chi connectivity index (χ1v) is 15.9. The molecule has 1 aliphatic rings. The van der Waals surface area contributed by atoms with Crippen LogP contribution in [0.3, 0.4) is 0 Å². The summed E-state index contributed by atoms with van der Waals surface area (Å²) in [4.78, 5) is 22.8. The molecule has 2 aromatic heterocycles. The van der Waals surface area contributed by atoms with E-state index in [1.165, 1.54) is 16.4 Å². The number of nitrogens with one attached hydrogen (secondary N) is 1. The molecule has 4 rings (SSSR count). The highest BCUT2D eigenvalue weighted by Crippen LogP contribution is 2.32. The number of benzene rings is 1. The van der Waals surface area contributed by atoms with Gasteiger partial charge in [-0.3, -0.25) is 13.7 Å². The van der Waals surface area contributed by atoms with Crippen molar-refractivity contribution in [3.8, 4) is 17.1 Å². The number of H-pyrrole nitrogens is 1. The number of nitrogens with zero attached hydrogens (tertiary/aromatic N) is 4. The van der Waals surface area contributed by atoms with Crippen LogP contribution in [0.2, 0.25) is 0 Å². The lowest BCUT2D eigenvalue weighted by Crippen LogP contribution is -2.48. The number of aromatic amines is 1. The van der Waals surface area contributed by atoms with Gasteiger partial charge in [-0.05, 0) is 43.5 Å². The van der Waals surface area contributed by atoms with Gasteiger partial charge in [0, 0.05) is 46.0 Å². The van der Waals surface area contributed by atoms with Crippen molar-refractivity contribution in [3.05, 3.63) is 40.3 Å². The highest BCUT2D eigenvalue weighted by Gasteiger charge is 2.29. The van der Waals surface area contributed by atoms with Gasteiger partial charge in [0.1, 0.15) is 17.1 Å². The third-order valence-electron chi connectivity index (χ3n) is 6.50. The van der Waals surface area contributed by atoms with Crippen molar-refractivity contribution in [2.24, 2.45) is 7.05 Å². The fourth-order valence-electron chi connectivity index (χ4n) is 4.72. The molecule has 0 bridgehead atoms. The number of hydrogen-bond donors (Lipinski definition) is 2. The maximum atomic E-state index is 13.5. The summed E-state index contributed by atoms with van der Waals surface area (Å²) >= 11 is 0. The molecule has 0 amide bonds. The van der Waals surface area contributed by atoms with Crippen LogP contribution in [-0.4, -0.2) is 95.7 Å². The Morgan fingerprint density at radius 3 is 2.41 bits per heavy atom. The maximum Gasteiger partial charge on any atom is 1.00 e. The molecule has 1 aromatic carbocycles. The molecule has 0 radical (unpaired) electrons. The third kappa shape index (κ3) is 8.33. The Morgan fingerprint density at radius 2 is 1.83 bits per heavy atom. The number of ether oxygens (including phenoxy) is 1. The predicted octanol–water partition coefficient (Wildman–Crippen LogP) is 2.06. The van der Waals surface area contributed by atoms with Crippen LogP contribution in [0, 0.1) is 0 Å². The minimum atomic E-state index is -4.92. The zero-order valence-electron chi connectivity index (χ0n) is 24.2. The summed E-state index contributed by atoms with van der Waals surface area (Å²) in [6, 6.07) is 4.68. The van der Waals surface area contributed by atoms with Crippen molar-refractivity contribution in [3.63, 3.8) is 0 Å². The highest BCUT2D eigenvalue weighted by molar-refractivity contribution is 7.89. The summed E-state index contributed by atoms with van der Waals surface area (Å²) in [5, 5.41) is 0. The first kappa shape index (κ1) is 32.6. The zero-order chi connectivity index (χ0) is 30.4. The molecule has 0 unspecified atom stereocenters. The molecule has 13 nitrogen and oxygen atoms in total. The second-order valence-corrected chi connectivity index (χ2v) is 12.2. The van der Waals surface area contributed by atoms with Gasteiger partial charge in [-0.1, -0.05) is 13.3 Å². The quantitative estimate of drug-likeness (QED) is 0.253. The normalized spacial score (nSPS) is 15.1. The first-order chi connectivity index (χ1) is 19.3. The Labute approximate surface area is 240 Å². The third-order valence-corrected chi connectivity index (χ3v) is 8.40. The van der Waals surface area contributed by atoms with Crippen molar-refractivity contribution in [2.75, 3.05) is 46.0 Å². The van der Waals surface area contributed by atoms with Gasteiger partial charge in [-0.15, -0.1) is 0 Å². The van der Waals surface area contributed by atoms with Crippen molar-refractivity contribution in [1.29, 1.82) is 0 Å². The molecule has 1 aliphatic heterocycles. The fourth-order valence-corrected chi connectivity index (χ4v) is 6.17. The average Bonchev–Trinajstić information content (AvgIpc) is 3.22. The van der Waals surface area contributed by atoms with E-state index in [0.29, 0.717) is 68.1 Å². The number of aromatic nitrogens is 3. The average molecular weight is 618 g/mol. The van der Waals surface area contributed by atoms with Crippen LogP contribution in [0.4, 0.5) is 4.39 Å². The zero-order valence-corrected chi connectivity index (χ0v) is 24.8. The number of piperazine rings is 1. The lowest BCUT2D eigenvalue weighted by molar-refractivity contribution is 0.182. The molecule has 0 aliphatic carbocycles. The van der Waals surface area contributed by atoms with E-state index in [1.807, 2.05) is 20.2 Å². The molecule has 3 heterocycles. The first-order valence-electron chi connectivity index (χ1n) is 13.1. The molecular formula is C25H36FN5O8S2. The summed E-state index contributed by atoms with van der Waals surface area (Å²) in [6.45, 7) is 6.31. The molecule has 0 atom stereocenters. The largest absolute Gasteiger partial charge is 1.00 e. The van der Waals surface area contributed by atoms with Gasteiger partial charge < -0.3 is 23.7 Å². The SMILES string of the molecule is CCCc1cn(C)c2c(=O)[nH]c(-c3cc(S(=O)(=O)N4CCN(CCCF)CC4)ccc3OCC)nc12.O=S(=O)([O-])O.[H+]. The lowest BCUT2D eigenvalue weighted by Gasteiger charge is -2.33. The topological polar surface area (TPSA) is 178 Å². The van der Waals surface area contributed by atoms with Crippen molar-refractivity contribution >= 4 is 31.5 Å². The van der Waals surface area contributed by atoms with Crippen molar-refractivity contribution < 1.29 is 36.5 Å². The number of rotatable bonds is 10. The van der Waals surface area contributed by atoms with E-state index < -0.39 is 20.4 Å². The second kappa shape index (κ2) is 13.8. The minimum absolute atomic E-state index is 0. The van der Waals surface area contributed by atoms with Crippen LogP contribution in [0.1, 0.15) is 33.7 Å². The monoisotopic (exact) mass is 617 g/mol. The maximum absolute atomic E-state index is 13.5. The van der Waals surface area contributed by atoms with Crippen molar-refractivity contribution in [2.45, 2.75) is 38.0 Å². The van der Waals surface area contributed by atoms with Gasteiger partial charge >= 0.3 is 1.43 Å². The Balaban J connectivity index is 0.000000947. The number of hydrogen-bond acceptors (Lipinski definition) is 9. The summed E-state index contributed by atoms with van der Waals surface area (Å²) in [6.07, 6.45) is 4.04. The van der Waals surface area contributed by atoms with Crippen LogP contribution in [0.5, 0.6) is 5.75 Å². The van der Waals surface area contributed by atoms with Crippen LogP contribution < -0.4 is 10.3 Å². The number of halogens is 1. The van der Waals surface area contributed by atoms with E-state index in [1.54, 1.807) is 10.6 Å². The number of aryl methyl sites for hydroxylation is 2. The van der Waals surface area contributed by atoms with Gasteiger partial charge in [0.05, 0.1) is 29.3 Å². The van der Waals surface area contributed by atoms with Gasteiger partial charge in [0.15, 0.2) is 0 Å². The van der Waals surface area contributed by atoms with E-state index in [9.17, 15) is 17.6 Å². The van der Waals surface area contributed by atoms with Crippen LogP contribution in [-0.2, 0) is 33.9 Å². The molecule has 3 aromatic rings. The number of alkyl halides is 1. The van der Waals surface area contributed by atoms with Gasteiger partial charge in [-0.2, -0.15) is 4.31 Å². The summed E-state index contributed by atoms with van der Waals surface area (Å²) in [5.41, 5.74) is 2.19. The van der Waals surface area contributed by atoms with Crippen LogP contribution >= 0.6 is 0 Å². The van der Waals surface area contributed by atoms with Crippen molar-refractivity contribution in [1.82, 2.24) is 23.7 Å². The Kier molecular flexibility index (Phi) is 11.0. The summed E-state index contributed by atoms with van der Waals surface area (Å²) in [5.74, 6) is 0.718. The minimum Gasteiger partial charge on any atom is -0.726 e. The molecule has 0 spiro atoms. The standard InChI is InChI=1S/C25H34FN5O4S.H2O4S/c1-4-7-18-17-29(3)23-22(18)27-24(28-25(23)32)20-16-19(8-9-21(20)35-5-2)36(33,34)31-14-12-30(13-15-31)11-6-10-26;1-5(2,3)4/h8-9,16-17H,4-7,10-15H2,1-3H3,(H,27,28,32);(H2,1,2,3,4). The van der Waals surface area contributed by atoms with E-state index in [2.05, 4.69) is 16.8 Å². The molecule has 0 saturated carbocycles. The molecule has 16 heteroatoms. The lowest BCUT2D eigenvalue weighted by atomic mass is 10.1. The van der Waals surface area contributed by atoms with E-state index in [4.69, 9.17) is 27.2 Å².